The summed E-state index contributed by atoms with van der Waals surface area (Å²) in [6.07, 6.45) is 0.664. The van der Waals surface area contributed by atoms with Gasteiger partial charge in [-0.1, -0.05) is 26.3 Å². The number of aliphatic carboxylic acids is 1. The zero-order valence-electron chi connectivity index (χ0n) is 13.2. The molecule has 0 saturated carbocycles. The molecule has 2 N–H and O–H groups in total. The highest BCUT2D eigenvalue weighted by Gasteiger charge is 2.25. The highest BCUT2D eigenvalue weighted by molar-refractivity contribution is 5.96. The van der Waals surface area contributed by atoms with E-state index in [4.69, 9.17) is 9.47 Å². The average molecular weight is 309 g/mol. The molecule has 0 aliphatic heterocycles. The van der Waals surface area contributed by atoms with Gasteiger partial charge in [0.2, 0.25) is 0 Å². The van der Waals surface area contributed by atoms with E-state index in [-0.39, 0.29) is 5.92 Å². The van der Waals surface area contributed by atoms with Gasteiger partial charge in [-0.15, -0.1) is 0 Å². The summed E-state index contributed by atoms with van der Waals surface area (Å²) in [7, 11) is 1.58. The van der Waals surface area contributed by atoms with E-state index in [9.17, 15) is 14.7 Å². The van der Waals surface area contributed by atoms with Crippen molar-refractivity contribution in [2.45, 2.75) is 26.3 Å². The fraction of sp³-hybridized carbons (Fsp3) is 0.500. The molecule has 2 atom stereocenters. The second-order valence-electron chi connectivity index (χ2n) is 5.04. The van der Waals surface area contributed by atoms with Crippen molar-refractivity contribution in [2.75, 3.05) is 20.3 Å². The Morgan fingerprint density at radius 1 is 1.32 bits per heavy atom. The minimum atomic E-state index is -1.03. The molecule has 0 radical (unpaired) electrons. The number of carboxylic acid groups (broad SMARTS) is 1. The Balaban J connectivity index is 2.75. The van der Waals surface area contributed by atoms with Crippen molar-refractivity contribution < 1.29 is 24.2 Å². The van der Waals surface area contributed by atoms with Crippen LogP contribution in [0.5, 0.6) is 5.75 Å². The smallest absolute Gasteiger partial charge is 0.326 e. The van der Waals surface area contributed by atoms with Gasteiger partial charge in [0, 0.05) is 12.7 Å². The number of hydrogen-bond acceptors (Lipinski definition) is 4. The molecule has 122 valence electrons. The normalized spacial score (nSPS) is 13.2. The van der Waals surface area contributed by atoms with E-state index in [1.807, 2.05) is 6.92 Å². The molecule has 2 unspecified atom stereocenters. The van der Waals surface area contributed by atoms with E-state index in [0.717, 1.165) is 0 Å². The molecule has 22 heavy (non-hydrogen) atoms. The van der Waals surface area contributed by atoms with Crippen LogP contribution in [-0.2, 0) is 9.53 Å². The van der Waals surface area contributed by atoms with Crippen molar-refractivity contribution in [3.05, 3.63) is 29.8 Å². The van der Waals surface area contributed by atoms with Crippen molar-refractivity contribution in [1.82, 2.24) is 5.32 Å². The summed E-state index contributed by atoms with van der Waals surface area (Å²) < 4.78 is 10.3. The summed E-state index contributed by atoms with van der Waals surface area (Å²) in [6, 6.07) is 5.72. The van der Waals surface area contributed by atoms with Gasteiger partial charge in [0.05, 0.1) is 6.61 Å². The first kappa shape index (κ1) is 18.0. The quantitative estimate of drug-likeness (QED) is 0.681. The molecule has 6 nitrogen and oxygen atoms in total. The summed E-state index contributed by atoms with van der Waals surface area (Å²) in [5.74, 6) is -1.07. The van der Waals surface area contributed by atoms with Gasteiger partial charge in [0.25, 0.3) is 5.91 Å². The number of nitrogens with one attached hydrogen (secondary N) is 1. The zero-order chi connectivity index (χ0) is 16.5. The molecule has 0 aliphatic carbocycles. The van der Waals surface area contributed by atoms with Crippen LogP contribution in [0, 0.1) is 5.92 Å². The second kappa shape index (κ2) is 9.04. The number of carboxylic acids is 1. The van der Waals surface area contributed by atoms with E-state index in [1.54, 1.807) is 38.3 Å². The standard InChI is InChI=1S/C16H23NO5/c1-4-11(2)14(16(19)20)17-15(18)12-6-5-7-13(10-12)22-9-8-21-3/h5-7,10-11,14H,4,8-9H2,1-3H3,(H,17,18)(H,19,20). The molecule has 1 rings (SSSR count). The number of rotatable bonds is 9. The lowest BCUT2D eigenvalue weighted by molar-refractivity contribution is -0.140. The number of benzene rings is 1. The first-order valence-corrected chi connectivity index (χ1v) is 7.25. The maximum absolute atomic E-state index is 12.2. The Kier molecular flexibility index (Phi) is 7.39. The van der Waals surface area contributed by atoms with Crippen LogP contribution in [0.25, 0.3) is 0 Å². The van der Waals surface area contributed by atoms with E-state index in [0.29, 0.717) is 30.9 Å². The van der Waals surface area contributed by atoms with Gasteiger partial charge in [0.1, 0.15) is 18.4 Å². The molecular weight excluding hydrogens is 286 g/mol. The maximum Gasteiger partial charge on any atom is 0.326 e. The SMILES string of the molecule is CCC(C)C(NC(=O)c1cccc(OCCOC)c1)C(=O)O. The van der Waals surface area contributed by atoms with Crippen LogP contribution in [-0.4, -0.2) is 43.3 Å². The maximum atomic E-state index is 12.2. The van der Waals surface area contributed by atoms with Gasteiger partial charge in [-0.2, -0.15) is 0 Å². The van der Waals surface area contributed by atoms with Crippen molar-refractivity contribution >= 4 is 11.9 Å². The molecule has 0 spiro atoms. The van der Waals surface area contributed by atoms with Crippen LogP contribution >= 0.6 is 0 Å². The van der Waals surface area contributed by atoms with Crippen LogP contribution in [0.15, 0.2) is 24.3 Å². The summed E-state index contributed by atoms with van der Waals surface area (Å²) >= 11 is 0. The highest BCUT2D eigenvalue weighted by Crippen LogP contribution is 2.15. The highest BCUT2D eigenvalue weighted by atomic mass is 16.5. The third-order valence-electron chi connectivity index (χ3n) is 3.42. The van der Waals surface area contributed by atoms with Gasteiger partial charge >= 0.3 is 5.97 Å². The van der Waals surface area contributed by atoms with E-state index < -0.39 is 17.9 Å². The van der Waals surface area contributed by atoms with E-state index in [1.165, 1.54) is 0 Å². The molecule has 1 aromatic carbocycles. The lowest BCUT2D eigenvalue weighted by atomic mass is 9.99. The lowest BCUT2D eigenvalue weighted by Gasteiger charge is -2.20. The van der Waals surface area contributed by atoms with Crippen molar-refractivity contribution in [2.24, 2.45) is 5.92 Å². The van der Waals surface area contributed by atoms with Gasteiger partial charge in [-0.05, 0) is 24.1 Å². The largest absolute Gasteiger partial charge is 0.491 e. The topological polar surface area (TPSA) is 84.9 Å². The minimum Gasteiger partial charge on any atom is -0.491 e. The third-order valence-corrected chi connectivity index (χ3v) is 3.42. The first-order valence-electron chi connectivity index (χ1n) is 7.25. The number of hydrogen-bond donors (Lipinski definition) is 2. The molecular formula is C16H23NO5. The van der Waals surface area contributed by atoms with Crippen LogP contribution in [0.1, 0.15) is 30.6 Å². The van der Waals surface area contributed by atoms with Crippen LogP contribution in [0.3, 0.4) is 0 Å². The molecule has 0 saturated heterocycles. The molecule has 0 bridgehead atoms. The van der Waals surface area contributed by atoms with Crippen LogP contribution in [0.4, 0.5) is 0 Å². The van der Waals surface area contributed by atoms with Gasteiger partial charge in [-0.3, -0.25) is 4.79 Å². The lowest BCUT2D eigenvalue weighted by Crippen LogP contribution is -2.45. The van der Waals surface area contributed by atoms with Crippen molar-refractivity contribution in [1.29, 1.82) is 0 Å². The summed E-state index contributed by atoms with van der Waals surface area (Å²) in [5, 5.41) is 11.8. The fourth-order valence-electron chi connectivity index (χ4n) is 1.88. The average Bonchev–Trinajstić information content (AvgIpc) is 2.52. The van der Waals surface area contributed by atoms with Gasteiger partial charge in [-0.25, -0.2) is 4.79 Å². The molecule has 0 heterocycles. The van der Waals surface area contributed by atoms with Gasteiger partial charge < -0.3 is 19.9 Å². The number of carbonyl (C=O) groups excluding carboxylic acids is 1. The summed E-state index contributed by atoms with van der Waals surface area (Å²) in [4.78, 5) is 23.5. The zero-order valence-corrected chi connectivity index (χ0v) is 13.2. The third kappa shape index (κ3) is 5.37. The Bertz CT molecular complexity index is 503. The molecule has 0 aliphatic rings. The van der Waals surface area contributed by atoms with Gasteiger partial charge in [0.15, 0.2) is 0 Å². The van der Waals surface area contributed by atoms with E-state index in [2.05, 4.69) is 5.32 Å². The van der Waals surface area contributed by atoms with E-state index >= 15 is 0 Å². The number of ether oxygens (including phenoxy) is 2. The predicted octanol–water partition coefficient (Wildman–Crippen LogP) is 1.94. The Hall–Kier alpha value is -2.08. The Labute approximate surface area is 130 Å². The molecule has 6 heteroatoms. The summed E-state index contributed by atoms with van der Waals surface area (Å²) in [5.41, 5.74) is 0.365. The fourth-order valence-corrected chi connectivity index (χ4v) is 1.88. The number of carbonyl (C=O) groups is 2. The van der Waals surface area contributed by atoms with Crippen LogP contribution in [0.2, 0.25) is 0 Å². The molecule has 0 fully saturated rings. The number of methoxy groups -OCH3 is 1. The molecule has 1 amide bonds. The molecule has 1 aromatic rings. The minimum absolute atomic E-state index is 0.150. The number of amides is 1. The predicted molar refractivity (Wildman–Crippen MR) is 82.2 cm³/mol. The summed E-state index contributed by atoms with van der Waals surface area (Å²) in [6.45, 7) is 4.51. The monoisotopic (exact) mass is 309 g/mol. The van der Waals surface area contributed by atoms with Crippen molar-refractivity contribution in [3.63, 3.8) is 0 Å². The van der Waals surface area contributed by atoms with Crippen LogP contribution < -0.4 is 10.1 Å². The first-order chi connectivity index (χ1) is 10.5. The second-order valence-corrected chi connectivity index (χ2v) is 5.04. The Morgan fingerprint density at radius 2 is 2.05 bits per heavy atom. The molecule has 0 aromatic heterocycles. The Morgan fingerprint density at radius 3 is 2.64 bits per heavy atom. The van der Waals surface area contributed by atoms with Crippen molar-refractivity contribution in [3.8, 4) is 5.75 Å².